The molecule has 0 saturated heterocycles. The molecule has 1 aromatic heterocycles. The molecule has 0 spiro atoms. The minimum Gasteiger partial charge on any atom is -0.393 e. The van der Waals surface area contributed by atoms with E-state index in [1.165, 1.54) is 12.1 Å². The van der Waals surface area contributed by atoms with E-state index in [0.29, 0.717) is 21.8 Å². The summed E-state index contributed by atoms with van der Waals surface area (Å²) in [6.45, 7) is 1.63. The molecule has 1 aromatic carbocycles. The number of hydrogen-bond acceptors (Lipinski definition) is 4. The van der Waals surface area contributed by atoms with Gasteiger partial charge in [-0.15, -0.1) is 0 Å². The third kappa shape index (κ3) is 2.89. The quantitative estimate of drug-likeness (QED) is 0.946. The number of aromatic nitrogens is 2. The van der Waals surface area contributed by atoms with Gasteiger partial charge in [-0.3, -0.25) is 0 Å². The summed E-state index contributed by atoms with van der Waals surface area (Å²) < 4.78 is 18.7. The van der Waals surface area contributed by atoms with Crippen molar-refractivity contribution in [1.82, 2.24) is 10.1 Å². The van der Waals surface area contributed by atoms with Crippen molar-refractivity contribution in [3.63, 3.8) is 0 Å². The maximum Gasteiger partial charge on any atom is 0.229 e. The first-order chi connectivity index (χ1) is 8.06. The van der Waals surface area contributed by atoms with Gasteiger partial charge in [-0.05, 0) is 25.1 Å². The summed E-state index contributed by atoms with van der Waals surface area (Å²) in [5, 5.41) is 12.9. The number of benzene rings is 1. The smallest absolute Gasteiger partial charge is 0.229 e. The molecular weight excluding hydrogens is 291 g/mol. The standard InChI is InChI=1S/C11H10BrFN2O2/c1-6(16)4-10-14-11(15-17-10)8-5-7(13)2-3-9(8)12/h2-3,5-6,16H,4H2,1H3. The van der Waals surface area contributed by atoms with Gasteiger partial charge in [0.2, 0.25) is 11.7 Å². The highest BCUT2D eigenvalue weighted by molar-refractivity contribution is 9.10. The number of halogens is 2. The van der Waals surface area contributed by atoms with E-state index in [4.69, 9.17) is 4.52 Å². The molecule has 0 aliphatic heterocycles. The minimum absolute atomic E-state index is 0.278. The molecule has 17 heavy (non-hydrogen) atoms. The van der Waals surface area contributed by atoms with Crippen molar-refractivity contribution in [2.24, 2.45) is 0 Å². The maximum atomic E-state index is 13.1. The van der Waals surface area contributed by atoms with Crippen LogP contribution in [0.15, 0.2) is 27.2 Å². The lowest BCUT2D eigenvalue weighted by Gasteiger charge is -1.98. The number of nitrogens with zero attached hydrogens (tertiary/aromatic N) is 2. The zero-order chi connectivity index (χ0) is 12.4. The summed E-state index contributed by atoms with van der Waals surface area (Å²) in [4.78, 5) is 4.09. The highest BCUT2D eigenvalue weighted by Crippen LogP contribution is 2.26. The lowest BCUT2D eigenvalue weighted by atomic mass is 10.2. The van der Waals surface area contributed by atoms with Crippen molar-refractivity contribution in [1.29, 1.82) is 0 Å². The van der Waals surface area contributed by atoms with Gasteiger partial charge in [-0.25, -0.2) is 4.39 Å². The second-order valence-corrected chi connectivity index (χ2v) is 4.54. The predicted octanol–water partition coefficient (Wildman–Crippen LogP) is 2.56. The Morgan fingerprint density at radius 1 is 1.53 bits per heavy atom. The van der Waals surface area contributed by atoms with E-state index >= 15 is 0 Å². The summed E-state index contributed by atoms with van der Waals surface area (Å²) in [5.74, 6) is 0.253. The zero-order valence-electron chi connectivity index (χ0n) is 9.02. The van der Waals surface area contributed by atoms with Crippen LogP contribution in [0.3, 0.4) is 0 Å². The van der Waals surface area contributed by atoms with Gasteiger partial charge < -0.3 is 9.63 Å². The number of rotatable bonds is 3. The molecule has 0 fully saturated rings. The Morgan fingerprint density at radius 3 is 3.00 bits per heavy atom. The van der Waals surface area contributed by atoms with Crippen LogP contribution in [0.4, 0.5) is 4.39 Å². The average molecular weight is 301 g/mol. The van der Waals surface area contributed by atoms with E-state index in [2.05, 4.69) is 26.1 Å². The van der Waals surface area contributed by atoms with Crippen molar-refractivity contribution in [3.8, 4) is 11.4 Å². The molecule has 0 aliphatic carbocycles. The molecule has 0 aliphatic rings. The largest absolute Gasteiger partial charge is 0.393 e. The van der Waals surface area contributed by atoms with Crippen LogP contribution in [0.2, 0.25) is 0 Å². The van der Waals surface area contributed by atoms with Gasteiger partial charge in [-0.1, -0.05) is 21.1 Å². The molecule has 1 N–H and O–H groups in total. The van der Waals surface area contributed by atoms with Crippen LogP contribution in [-0.4, -0.2) is 21.4 Å². The molecule has 1 atom stereocenters. The number of hydrogen-bond donors (Lipinski definition) is 1. The topological polar surface area (TPSA) is 59.2 Å². The van der Waals surface area contributed by atoms with E-state index < -0.39 is 6.10 Å². The highest BCUT2D eigenvalue weighted by atomic mass is 79.9. The summed E-state index contributed by atoms with van der Waals surface area (Å²) in [6.07, 6.45) is -0.279. The van der Waals surface area contributed by atoms with Crippen LogP contribution in [0, 0.1) is 5.82 Å². The molecule has 0 radical (unpaired) electrons. The van der Waals surface area contributed by atoms with Crippen molar-refractivity contribution in [2.45, 2.75) is 19.4 Å². The fourth-order valence-corrected chi connectivity index (χ4v) is 1.79. The van der Waals surface area contributed by atoms with Crippen LogP contribution in [0.25, 0.3) is 11.4 Å². The van der Waals surface area contributed by atoms with Crippen molar-refractivity contribution < 1.29 is 14.0 Å². The fourth-order valence-electron chi connectivity index (χ4n) is 1.37. The van der Waals surface area contributed by atoms with Crippen LogP contribution in [-0.2, 0) is 6.42 Å². The molecule has 2 rings (SSSR count). The van der Waals surface area contributed by atoms with E-state index in [1.54, 1.807) is 13.0 Å². The lowest BCUT2D eigenvalue weighted by molar-refractivity contribution is 0.181. The molecule has 1 heterocycles. The summed E-state index contributed by atoms with van der Waals surface area (Å²) in [7, 11) is 0. The van der Waals surface area contributed by atoms with Gasteiger partial charge in [0.05, 0.1) is 12.5 Å². The molecule has 6 heteroatoms. The molecule has 0 bridgehead atoms. The monoisotopic (exact) mass is 300 g/mol. The maximum absolute atomic E-state index is 13.1. The van der Waals surface area contributed by atoms with Crippen molar-refractivity contribution in [3.05, 3.63) is 34.4 Å². The first-order valence-corrected chi connectivity index (χ1v) is 5.81. The summed E-state index contributed by atoms with van der Waals surface area (Å²) in [5.41, 5.74) is 0.519. The van der Waals surface area contributed by atoms with Gasteiger partial charge in [0.25, 0.3) is 0 Å². The van der Waals surface area contributed by atoms with Gasteiger partial charge in [0, 0.05) is 10.0 Å². The van der Waals surface area contributed by atoms with Crippen LogP contribution in [0.5, 0.6) is 0 Å². The number of aliphatic hydroxyl groups is 1. The Bertz CT molecular complexity index is 528. The van der Waals surface area contributed by atoms with Crippen molar-refractivity contribution in [2.75, 3.05) is 0 Å². The molecule has 2 aromatic rings. The first kappa shape index (κ1) is 12.2. The Labute approximate surface area is 106 Å². The molecule has 0 saturated carbocycles. The summed E-state index contributed by atoms with van der Waals surface area (Å²) >= 11 is 3.29. The zero-order valence-corrected chi connectivity index (χ0v) is 10.6. The molecular formula is C11H10BrFN2O2. The number of aliphatic hydroxyl groups excluding tert-OH is 1. The second kappa shape index (κ2) is 4.93. The first-order valence-electron chi connectivity index (χ1n) is 5.02. The highest BCUT2D eigenvalue weighted by Gasteiger charge is 2.13. The average Bonchev–Trinajstić information content (AvgIpc) is 2.69. The van der Waals surface area contributed by atoms with Gasteiger partial charge in [0.15, 0.2) is 0 Å². The van der Waals surface area contributed by atoms with Crippen LogP contribution < -0.4 is 0 Å². The third-order valence-corrected chi connectivity index (χ3v) is 2.80. The second-order valence-electron chi connectivity index (χ2n) is 3.69. The van der Waals surface area contributed by atoms with E-state index in [9.17, 15) is 9.50 Å². The van der Waals surface area contributed by atoms with Crippen LogP contribution in [0.1, 0.15) is 12.8 Å². The Morgan fingerprint density at radius 2 is 2.29 bits per heavy atom. The van der Waals surface area contributed by atoms with Gasteiger partial charge >= 0.3 is 0 Å². The van der Waals surface area contributed by atoms with E-state index in [-0.39, 0.29) is 12.2 Å². The molecule has 0 amide bonds. The normalized spacial score (nSPS) is 12.7. The SMILES string of the molecule is CC(O)Cc1nc(-c2cc(F)ccc2Br)no1. The predicted molar refractivity (Wildman–Crippen MR) is 62.8 cm³/mol. The molecule has 90 valence electrons. The third-order valence-electron chi connectivity index (χ3n) is 2.11. The minimum atomic E-state index is -0.556. The summed E-state index contributed by atoms with van der Waals surface area (Å²) in [6, 6.07) is 4.24. The molecule has 4 nitrogen and oxygen atoms in total. The Hall–Kier alpha value is -1.27. The van der Waals surface area contributed by atoms with Gasteiger partial charge in [-0.2, -0.15) is 4.98 Å². The lowest BCUT2D eigenvalue weighted by Crippen LogP contribution is -2.04. The van der Waals surface area contributed by atoms with Crippen LogP contribution >= 0.6 is 15.9 Å². The Balaban J connectivity index is 2.33. The van der Waals surface area contributed by atoms with E-state index in [0.717, 1.165) is 0 Å². The molecule has 1 unspecified atom stereocenters. The van der Waals surface area contributed by atoms with Gasteiger partial charge in [0.1, 0.15) is 5.82 Å². The Kier molecular flexibility index (Phi) is 3.54. The fraction of sp³-hybridized carbons (Fsp3) is 0.273. The van der Waals surface area contributed by atoms with E-state index in [1.807, 2.05) is 0 Å². The van der Waals surface area contributed by atoms with Crippen molar-refractivity contribution >= 4 is 15.9 Å².